The lowest BCUT2D eigenvalue weighted by molar-refractivity contribution is -0.118. The van der Waals surface area contributed by atoms with Gasteiger partial charge in [0.1, 0.15) is 11.7 Å². The first-order valence-corrected chi connectivity index (χ1v) is 9.90. The van der Waals surface area contributed by atoms with Crippen molar-refractivity contribution in [3.63, 3.8) is 0 Å². The predicted octanol–water partition coefficient (Wildman–Crippen LogP) is 5.04. The van der Waals surface area contributed by atoms with Crippen molar-refractivity contribution in [2.45, 2.75) is 6.04 Å². The highest BCUT2D eigenvalue weighted by molar-refractivity contribution is 9.10. The van der Waals surface area contributed by atoms with E-state index in [0.717, 1.165) is 10.9 Å². The van der Waals surface area contributed by atoms with E-state index < -0.39 is 6.04 Å². The first-order chi connectivity index (χ1) is 14.1. The Kier molecular flexibility index (Phi) is 5.44. The van der Waals surface area contributed by atoms with E-state index in [4.69, 9.17) is 0 Å². The zero-order valence-electron chi connectivity index (χ0n) is 15.4. The van der Waals surface area contributed by atoms with Crippen LogP contribution in [0, 0.1) is 0 Å². The number of halogens is 1. The second-order valence-electron chi connectivity index (χ2n) is 6.53. The summed E-state index contributed by atoms with van der Waals surface area (Å²) in [5.41, 5.74) is 2.58. The minimum atomic E-state index is -0.845. The van der Waals surface area contributed by atoms with Crippen LogP contribution in [-0.4, -0.2) is 16.8 Å². The minimum absolute atomic E-state index is 0.317. The molecule has 4 rings (SSSR count). The van der Waals surface area contributed by atoms with Crippen molar-refractivity contribution in [1.29, 1.82) is 0 Å². The molecule has 3 N–H and O–H groups in total. The lowest BCUT2D eigenvalue weighted by atomic mass is 10.1. The van der Waals surface area contributed by atoms with E-state index in [9.17, 15) is 9.59 Å². The molecule has 0 saturated heterocycles. The Hall–Kier alpha value is -3.38. The zero-order valence-corrected chi connectivity index (χ0v) is 16.9. The summed E-state index contributed by atoms with van der Waals surface area (Å²) in [5.74, 6) is -0.687. The number of hydrogen-bond donors (Lipinski definition) is 3. The molecule has 1 unspecified atom stereocenters. The molecule has 0 saturated carbocycles. The summed E-state index contributed by atoms with van der Waals surface area (Å²) in [6, 6.07) is 25.1. The number of aromatic nitrogens is 1. The largest absolute Gasteiger partial charge is 0.350 e. The Morgan fingerprint density at radius 3 is 2.14 bits per heavy atom. The van der Waals surface area contributed by atoms with Gasteiger partial charge in [-0.3, -0.25) is 9.59 Å². The maximum Gasteiger partial charge on any atom is 0.269 e. The van der Waals surface area contributed by atoms with E-state index in [2.05, 4.69) is 31.5 Å². The molecule has 0 fully saturated rings. The number of amides is 2. The van der Waals surface area contributed by atoms with Crippen LogP contribution in [0.1, 0.15) is 22.1 Å². The van der Waals surface area contributed by atoms with Gasteiger partial charge in [0.2, 0.25) is 0 Å². The fourth-order valence-electron chi connectivity index (χ4n) is 3.15. The van der Waals surface area contributed by atoms with Gasteiger partial charge in [-0.15, -0.1) is 0 Å². The van der Waals surface area contributed by atoms with Crippen LogP contribution in [0.25, 0.3) is 10.9 Å². The van der Waals surface area contributed by atoms with E-state index >= 15 is 0 Å². The fraction of sp³-hybridized carbons (Fsp3) is 0.0435. The number of benzene rings is 3. The number of anilines is 1. The molecule has 0 spiro atoms. The van der Waals surface area contributed by atoms with Gasteiger partial charge in [-0.2, -0.15) is 0 Å². The van der Waals surface area contributed by atoms with Gasteiger partial charge in [-0.05, 0) is 39.7 Å². The van der Waals surface area contributed by atoms with Crippen LogP contribution in [0.2, 0.25) is 0 Å². The summed E-state index contributed by atoms with van der Waals surface area (Å²) in [5, 5.41) is 6.63. The third kappa shape index (κ3) is 4.07. The summed E-state index contributed by atoms with van der Waals surface area (Å²) in [7, 11) is 0. The number of carbonyl (C=O) groups is 2. The number of H-pyrrole nitrogens is 1. The molecule has 0 aliphatic carbocycles. The molecule has 1 atom stereocenters. The molecule has 0 radical (unpaired) electrons. The molecule has 5 nitrogen and oxygen atoms in total. The van der Waals surface area contributed by atoms with E-state index in [1.807, 2.05) is 72.8 Å². The molecule has 6 heteroatoms. The standard InChI is InChI=1S/C23H18BrN3O2/c24-19-17-13-7-8-14-18(17)26-21(19)23(29)27-20(15-9-3-1-4-10-15)22(28)25-16-11-5-2-6-12-16/h1-14,20,26H,(H,25,28)(H,27,29). The molecule has 4 aromatic rings. The Labute approximate surface area is 176 Å². The van der Waals surface area contributed by atoms with Gasteiger partial charge in [-0.1, -0.05) is 66.7 Å². The number of aromatic amines is 1. The van der Waals surface area contributed by atoms with Crippen LogP contribution in [0.15, 0.2) is 89.4 Å². The second kappa shape index (κ2) is 8.32. The number of para-hydroxylation sites is 2. The molecular formula is C23H18BrN3O2. The smallest absolute Gasteiger partial charge is 0.269 e. The first-order valence-electron chi connectivity index (χ1n) is 9.11. The summed E-state index contributed by atoms with van der Waals surface area (Å²) in [4.78, 5) is 29.1. The van der Waals surface area contributed by atoms with Crippen molar-refractivity contribution < 1.29 is 9.59 Å². The monoisotopic (exact) mass is 447 g/mol. The first kappa shape index (κ1) is 19.0. The summed E-state index contributed by atoms with van der Waals surface area (Å²) < 4.78 is 0.667. The van der Waals surface area contributed by atoms with Gasteiger partial charge < -0.3 is 15.6 Å². The lowest BCUT2D eigenvalue weighted by Gasteiger charge is -2.19. The number of carbonyl (C=O) groups excluding carboxylic acids is 2. The fourth-order valence-corrected chi connectivity index (χ4v) is 3.77. The van der Waals surface area contributed by atoms with Gasteiger partial charge in [0, 0.05) is 16.6 Å². The topological polar surface area (TPSA) is 74.0 Å². The Bertz CT molecular complexity index is 1160. The summed E-state index contributed by atoms with van der Waals surface area (Å²) in [6.07, 6.45) is 0. The van der Waals surface area contributed by atoms with Crippen LogP contribution in [-0.2, 0) is 4.79 Å². The summed E-state index contributed by atoms with van der Waals surface area (Å²) in [6.45, 7) is 0. The molecule has 1 heterocycles. The predicted molar refractivity (Wildman–Crippen MR) is 118 cm³/mol. The molecule has 3 aromatic carbocycles. The third-order valence-corrected chi connectivity index (χ3v) is 5.41. The maximum atomic E-state index is 13.0. The van der Waals surface area contributed by atoms with Crippen LogP contribution >= 0.6 is 15.9 Å². The average Bonchev–Trinajstić information content (AvgIpc) is 3.10. The van der Waals surface area contributed by atoms with Crippen molar-refractivity contribution in [2.24, 2.45) is 0 Å². The normalized spacial score (nSPS) is 11.8. The highest BCUT2D eigenvalue weighted by Crippen LogP contribution is 2.28. The maximum absolute atomic E-state index is 13.0. The van der Waals surface area contributed by atoms with Crippen LogP contribution in [0.4, 0.5) is 5.69 Å². The molecule has 1 aromatic heterocycles. The molecule has 0 aliphatic rings. The van der Waals surface area contributed by atoms with Gasteiger partial charge in [-0.25, -0.2) is 0 Å². The highest BCUT2D eigenvalue weighted by Gasteiger charge is 2.25. The Morgan fingerprint density at radius 1 is 0.828 bits per heavy atom. The van der Waals surface area contributed by atoms with Crippen molar-refractivity contribution in [1.82, 2.24) is 10.3 Å². The average molecular weight is 448 g/mol. The Balaban J connectivity index is 1.63. The Morgan fingerprint density at radius 2 is 1.45 bits per heavy atom. The molecule has 0 aliphatic heterocycles. The number of hydrogen-bond acceptors (Lipinski definition) is 2. The van der Waals surface area contributed by atoms with Crippen molar-refractivity contribution in [2.75, 3.05) is 5.32 Å². The van der Waals surface area contributed by atoms with Gasteiger partial charge in [0.25, 0.3) is 11.8 Å². The van der Waals surface area contributed by atoms with Gasteiger partial charge >= 0.3 is 0 Å². The number of nitrogens with one attached hydrogen (secondary N) is 3. The molecule has 144 valence electrons. The van der Waals surface area contributed by atoms with E-state index in [1.54, 1.807) is 12.1 Å². The van der Waals surface area contributed by atoms with E-state index in [-0.39, 0.29) is 11.8 Å². The van der Waals surface area contributed by atoms with E-state index in [1.165, 1.54) is 0 Å². The van der Waals surface area contributed by atoms with Crippen molar-refractivity contribution >= 4 is 44.3 Å². The van der Waals surface area contributed by atoms with Crippen LogP contribution in [0.5, 0.6) is 0 Å². The second-order valence-corrected chi connectivity index (χ2v) is 7.32. The van der Waals surface area contributed by atoms with Gasteiger partial charge in [0.15, 0.2) is 0 Å². The van der Waals surface area contributed by atoms with E-state index in [0.29, 0.717) is 21.4 Å². The van der Waals surface area contributed by atoms with Gasteiger partial charge in [0.05, 0.1) is 4.47 Å². The number of rotatable bonds is 5. The van der Waals surface area contributed by atoms with Crippen LogP contribution in [0.3, 0.4) is 0 Å². The molecule has 29 heavy (non-hydrogen) atoms. The number of fused-ring (bicyclic) bond motifs is 1. The minimum Gasteiger partial charge on any atom is -0.350 e. The van der Waals surface area contributed by atoms with Crippen LogP contribution < -0.4 is 10.6 Å². The molecular weight excluding hydrogens is 430 g/mol. The molecule has 2 amide bonds. The lowest BCUT2D eigenvalue weighted by Crippen LogP contribution is -2.37. The highest BCUT2D eigenvalue weighted by atomic mass is 79.9. The quantitative estimate of drug-likeness (QED) is 0.400. The zero-order chi connectivity index (χ0) is 20.2. The third-order valence-electron chi connectivity index (χ3n) is 4.58. The summed E-state index contributed by atoms with van der Waals surface area (Å²) >= 11 is 3.50. The van der Waals surface area contributed by atoms with Crippen molar-refractivity contribution in [3.8, 4) is 0 Å². The molecule has 0 bridgehead atoms. The SMILES string of the molecule is O=C(NC(C(=O)Nc1ccccc1)c1ccccc1)c1[nH]c2ccccc2c1Br. The van der Waals surface area contributed by atoms with Crippen molar-refractivity contribution in [3.05, 3.63) is 101 Å².